The first-order valence-corrected chi connectivity index (χ1v) is 11.4. The Hall–Kier alpha value is -2.57. The number of halogens is 1. The van der Waals surface area contributed by atoms with Crippen molar-refractivity contribution in [3.8, 4) is 5.69 Å². The number of nitrogens with two attached hydrogens (primary N) is 1. The number of hydrogen-bond acceptors (Lipinski definition) is 4. The van der Waals surface area contributed by atoms with Crippen molar-refractivity contribution in [3.63, 3.8) is 0 Å². The molecule has 5 rings (SSSR count). The summed E-state index contributed by atoms with van der Waals surface area (Å²) in [5.74, 6) is 0.296. The second-order valence-corrected chi connectivity index (χ2v) is 8.89. The molecule has 2 heterocycles. The van der Waals surface area contributed by atoms with E-state index < -0.39 is 5.82 Å². The molecule has 1 aliphatic heterocycles. The van der Waals surface area contributed by atoms with Crippen molar-refractivity contribution in [1.29, 1.82) is 0 Å². The molecule has 1 atom stereocenters. The van der Waals surface area contributed by atoms with E-state index in [-0.39, 0.29) is 17.1 Å². The maximum atomic E-state index is 14.8. The van der Waals surface area contributed by atoms with E-state index in [0.717, 1.165) is 56.6 Å². The summed E-state index contributed by atoms with van der Waals surface area (Å²) in [6, 6.07) is 12.3. The molecule has 1 aromatic heterocycles. The van der Waals surface area contributed by atoms with Gasteiger partial charge in [0.1, 0.15) is 17.2 Å². The SMILES string of the molecule is N[C@H](c1nc2c(F)ccc(CCCN3CCCC3)c2c(=O)n1-c1ccccc1)C1CC1. The summed E-state index contributed by atoms with van der Waals surface area (Å²) in [4.78, 5) is 20.9. The van der Waals surface area contributed by atoms with Crippen LogP contribution < -0.4 is 11.3 Å². The van der Waals surface area contributed by atoms with Crippen LogP contribution >= 0.6 is 0 Å². The molecule has 0 amide bonds. The second kappa shape index (κ2) is 8.52. The zero-order chi connectivity index (χ0) is 21.4. The molecule has 5 nitrogen and oxygen atoms in total. The highest BCUT2D eigenvalue weighted by atomic mass is 19.1. The largest absolute Gasteiger partial charge is 0.321 e. The summed E-state index contributed by atoms with van der Waals surface area (Å²) in [7, 11) is 0. The highest BCUT2D eigenvalue weighted by molar-refractivity contribution is 5.82. The number of para-hydroxylation sites is 1. The van der Waals surface area contributed by atoms with E-state index in [1.165, 1.54) is 18.9 Å². The molecule has 2 aliphatic rings. The maximum Gasteiger partial charge on any atom is 0.266 e. The van der Waals surface area contributed by atoms with Gasteiger partial charge in [-0.15, -0.1) is 0 Å². The van der Waals surface area contributed by atoms with Gasteiger partial charge in [-0.1, -0.05) is 24.3 Å². The van der Waals surface area contributed by atoms with Gasteiger partial charge in [-0.25, -0.2) is 9.37 Å². The van der Waals surface area contributed by atoms with Gasteiger partial charge in [0.25, 0.3) is 5.56 Å². The third-order valence-corrected chi connectivity index (χ3v) is 6.65. The minimum absolute atomic E-state index is 0.155. The van der Waals surface area contributed by atoms with Gasteiger partial charge < -0.3 is 10.6 Å². The Bertz CT molecular complexity index is 1130. The van der Waals surface area contributed by atoms with Crippen LogP contribution in [0.2, 0.25) is 0 Å². The molecule has 0 radical (unpaired) electrons. The Labute approximate surface area is 181 Å². The minimum atomic E-state index is -0.458. The van der Waals surface area contributed by atoms with Gasteiger partial charge in [-0.05, 0) is 87.8 Å². The van der Waals surface area contributed by atoms with Crippen LogP contribution in [0.15, 0.2) is 47.3 Å². The van der Waals surface area contributed by atoms with Crippen LogP contribution in [0.4, 0.5) is 4.39 Å². The molecule has 2 fully saturated rings. The normalized spacial score (nSPS) is 18.0. The quantitative estimate of drug-likeness (QED) is 0.628. The van der Waals surface area contributed by atoms with Crippen LogP contribution in [0, 0.1) is 11.7 Å². The first-order valence-electron chi connectivity index (χ1n) is 11.4. The second-order valence-electron chi connectivity index (χ2n) is 8.89. The average molecular weight is 421 g/mol. The zero-order valence-corrected chi connectivity index (χ0v) is 17.8. The lowest BCUT2D eigenvalue weighted by molar-refractivity contribution is 0.334. The van der Waals surface area contributed by atoms with Gasteiger partial charge in [-0.2, -0.15) is 0 Å². The van der Waals surface area contributed by atoms with Crippen LogP contribution in [-0.2, 0) is 6.42 Å². The van der Waals surface area contributed by atoms with Gasteiger partial charge in [0.05, 0.1) is 17.1 Å². The number of fused-ring (bicyclic) bond motifs is 1. The fraction of sp³-hybridized carbons (Fsp3) is 0.440. The molecule has 3 aromatic rings. The number of hydrogen-bond donors (Lipinski definition) is 1. The lowest BCUT2D eigenvalue weighted by atomic mass is 10.0. The number of aromatic nitrogens is 2. The predicted octanol–water partition coefficient (Wildman–Crippen LogP) is 3.96. The van der Waals surface area contributed by atoms with Crippen molar-refractivity contribution >= 4 is 10.9 Å². The molecule has 6 heteroatoms. The average Bonchev–Trinajstić information content (AvgIpc) is 3.51. The summed E-state index contributed by atoms with van der Waals surface area (Å²) in [5.41, 5.74) is 8.00. The minimum Gasteiger partial charge on any atom is -0.321 e. The molecule has 2 aromatic carbocycles. The summed E-state index contributed by atoms with van der Waals surface area (Å²) < 4.78 is 16.5. The standard InChI is InChI=1S/C25H29FN4O/c26-20-13-12-17(7-6-16-29-14-4-5-15-29)21-23(20)28-24(22(27)18-10-11-18)30(25(21)31)19-8-2-1-3-9-19/h1-3,8-9,12-13,18,22H,4-7,10-11,14-16,27H2/t22-/m0/s1. The monoisotopic (exact) mass is 420 g/mol. The van der Waals surface area contributed by atoms with Crippen LogP contribution in [-0.4, -0.2) is 34.1 Å². The summed E-state index contributed by atoms with van der Waals surface area (Å²) in [5, 5.41) is 0.386. The molecule has 162 valence electrons. The lowest BCUT2D eigenvalue weighted by Crippen LogP contribution is -2.30. The van der Waals surface area contributed by atoms with E-state index in [1.54, 1.807) is 10.6 Å². The van der Waals surface area contributed by atoms with E-state index >= 15 is 0 Å². The fourth-order valence-electron chi connectivity index (χ4n) is 4.76. The highest BCUT2D eigenvalue weighted by Crippen LogP contribution is 2.39. The smallest absolute Gasteiger partial charge is 0.266 e. The Morgan fingerprint density at radius 3 is 2.55 bits per heavy atom. The van der Waals surface area contributed by atoms with Crippen LogP contribution in [0.5, 0.6) is 0 Å². The molecule has 31 heavy (non-hydrogen) atoms. The van der Waals surface area contributed by atoms with Crippen molar-refractivity contribution in [2.24, 2.45) is 11.7 Å². The Morgan fingerprint density at radius 1 is 1.10 bits per heavy atom. The van der Waals surface area contributed by atoms with Gasteiger partial charge in [-0.3, -0.25) is 9.36 Å². The number of rotatable bonds is 7. The van der Waals surface area contributed by atoms with Gasteiger partial charge in [0.2, 0.25) is 0 Å². The summed E-state index contributed by atoms with van der Waals surface area (Å²) >= 11 is 0. The molecular weight excluding hydrogens is 391 g/mol. The molecule has 1 saturated heterocycles. The molecular formula is C25H29FN4O. The molecule has 0 unspecified atom stereocenters. The first-order chi connectivity index (χ1) is 15.1. The van der Waals surface area contributed by atoms with E-state index in [1.807, 2.05) is 30.3 Å². The maximum absolute atomic E-state index is 14.8. The van der Waals surface area contributed by atoms with Gasteiger partial charge >= 0.3 is 0 Å². The number of nitrogens with zero attached hydrogens (tertiary/aromatic N) is 3. The van der Waals surface area contributed by atoms with Crippen LogP contribution in [0.3, 0.4) is 0 Å². The third-order valence-electron chi connectivity index (χ3n) is 6.65. The Morgan fingerprint density at radius 2 is 1.84 bits per heavy atom. The van der Waals surface area contributed by atoms with E-state index in [0.29, 0.717) is 17.1 Å². The predicted molar refractivity (Wildman–Crippen MR) is 121 cm³/mol. The molecule has 1 aliphatic carbocycles. The Balaban J connectivity index is 1.61. The summed E-state index contributed by atoms with van der Waals surface area (Å²) in [6.45, 7) is 3.30. The number of likely N-dealkylation sites (tertiary alicyclic amines) is 1. The summed E-state index contributed by atoms with van der Waals surface area (Å²) in [6.07, 6.45) is 6.22. The lowest BCUT2D eigenvalue weighted by Gasteiger charge is -2.20. The van der Waals surface area contributed by atoms with E-state index in [9.17, 15) is 9.18 Å². The van der Waals surface area contributed by atoms with Gasteiger partial charge in [0, 0.05) is 0 Å². The third kappa shape index (κ3) is 4.02. The Kier molecular flexibility index (Phi) is 5.59. The van der Waals surface area contributed by atoms with Crippen LogP contribution in [0.25, 0.3) is 16.6 Å². The van der Waals surface area contributed by atoms with Crippen molar-refractivity contribution in [3.05, 3.63) is 70.0 Å². The van der Waals surface area contributed by atoms with Crippen LogP contribution in [0.1, 0.15) is 49.5 Å². The van der Waals surface area contributed by atoms with Crippen molar-refractivity contribution in [2.45, 2.75) is 44.6 Å². The van der Waals surface area contributed by atoms with Crippen molar-refractivity contribution < 1.29 is 4.39 Å². The van der Waals surface area contributed by atoms with Crippen molar-refractivity contribution in [1.82, 2.24) is 14.5 Å². The van der Waals surface area contributed by atoms with Crippen molar-refractivity contribution in [2.75, 3.05) is 19.6 Å². The first kappa shape index (κ1) is 20.3. The number of benzene rings is 2. The number of aryl methyl sites for hydroxylation is 1. The van der Waals surface area contributed by atoms with Gasteiger partial charge in [0.15, 0.2) is 0 Å². The zero-order valence-electron chi connectivity index (χ0n) is 17.8. The topological polar surface area (TPSA) is 64.2 Å². The molecule has 1 saturated carbocycles. The van der Waals surface area contributed by atoms with E-state index in [4.69, 9.17) is 5.73 Å². The molecule has 2 N–H and O–H groups in total. The van der Waals surface area contributed by atoms with E-state index in [2.05, 4.69) is 9.88 Å². The molecule has 0 bridgehead atoms. The highest BCUT2D eigenvalue weighted by Gasteiger charge is 2.33. The molecule has 0 spiro atoms. The fourth-order valence-corrected chi connectivity index (χ4v) is 4.76.